The van der Waals surface area contributed by atoms with Crippen LogP contribution in [0.25, 0.3) is 0 Å². The molecule has 13 heavy (non-hydrogen) atoms. The minimum atomic E-state index is -1.08. The minimum Gasteiger partial charge on any atom is -0.384 e. The number of aliphatic hydroxyl groups excluding tert-OH is 1. The van der Waals surface area contributed by atoms with Crippen LogP contribution in [0.3, 0.4) is 0 Å². The van der Waals surface area contributed by atoms with E-state index in [1.165, 1.54) is 11.8 Å². The summed E-state index contributed by atoms with van der Waals surface area (Å²) in [7, 11) is 0. The second-order valence-electron chi connectivity index (χ2n) is 3.08. The van der Waals surface area contributed by atoms with Crippen molar-refractivity contribution in [2.45, 2.75) is 25.5 Å². The predicted octanol–water partition coefficient (Wildman–Crippen LogP) is -1.34. The first kappa shape index (κ1) is 9.98. The molecule has 3 N–H and O–H groups in total. The van der Waals surface area contributed by atoms with Gasteiger partial charge < -0.3 is 15.7 Å². The molecule has 1 aliphatic rings. The first-order chi connectivity index (χ1) is 6.04. The summed E-state index contributed by atoms with van der Waals surface area (Å²) in [5.41, 5.74) is 5.08. The lowest BCUT2D eigenvalue weighted by Gasteiger charge is -2.23. The van der Waals surface area contributed by atoms with Crippen molar-refractivity contribution < 1.29 is 14.7 Å². The van der Waals surface area contributed by atoms with Gasteiger partial charge in [0.2, 0.25) is 5.91 Å². The summed E-state index contributed by atoms with van der Waals surface area (Å²) in [6, 6.07) is -0.651. The Kier molecular flexibility index (Phi) is 2.87. The number of hydrogen-bond donors (Lipinski definition) is 2. The Balaban J connectivity index is 2.68. The summed E-state index contributed by atoms with van der Waals surface area (Å²) >= 11 is 0. The van der Waals surface area contributed by atoms with Crippen LogP contribution in [0.5, 0.6) is 0 Å². The molecular weight excluding hydrogens is 172 g/mol. The van der Waals surface area contributed by atoms with Gasteiger partial charge in [0, 0.05) is 6.54 Å². The Hall–Kier alpha value is -1.10. The lowest BCUT2D eigenvalue weighted by molar-refractivity contribution is -0.143. The Labute approximate surface area is 76.5 Å². The fourth-order valence-corrected chi connectivity index (χ4v) is 1.39. The van der Waals surface area contributed by atoms with Crippen LogP contribution < -0.4 is 5.73 Å². The van der Waals surface area contributed by atoms with Gasteiger partial charge in [0.05, 0.1) is 0 Å². The molecule has 1 saturated heterocycles. The quantitative estimate of drug-likeness (QED) is 0.558. The molecule has 0 bridgehead atoms. The average molecular weight is 185 g/mol. The zero-order chi connectivity index (χ0) is 10.0. The van der Waals surface area contributed by atoms with Crippen LogP contribution in [0.4, 0.5) is 0 Å². The van der Waals surface area contributed by atoms with E-state index in [-0.39, 0.29) is 0 Å². The van der Waals surface area contributed by atoms with E-state index in [1.54, 1.807) is 6.42 Å². The third-order valence-electron chi connectivity index (χ3n) is 2.03. The Morgan fingerprint density at radius 2 is 2.31 bits per heavy atom. The maximum atomic E-state index is 11.3. The lowest BCUT2D eigenvalue weighted by Crippen LogP contribution is -2.47. The zero-order valence-electron chi connectivity index (χ0n) is 7.43. The molecule has 0 aliphatic carbocycles. The lowest BCUT2D eigenvalue weighted by atomic mass is 10.2. The molecule has 0 spiro atoms. The molecule has 1 aliphatic heterocycles. The normalized spacial score (nSPS) is 24.5. The van der Waals surface area contributed by atoms with E-state index in [9.17, 15) is 9.59 Å². The van der Waals surface area contributed by atoms with Crippen molar-refractivity contribution in [2.24, 2.45) is 5.73 Å². The molecule has 1 rings (SSSR count). The molecule has 0 unspecified atom stereocenters. The van der Waals surface area contributed by atoms with Gasteiger partial charge in [0.25, 0.3) is 5.91 Å². The van der Waals surface area contributed by atoms with Crippen molar-refractivity contribution in [2.75, 3.05) is 6.54 Å². The van der Waals surface area contributed by atoms with E-state index < -0.39 is 24.0 Å². The largest absolute Gasteiger partial charge is 0.384 e. The number of rotatable bonds is 2. The molecule has 0 saturated carbocycles. The molecule has 5 nitrogen and oxygen atoms in total. The number of primary amides is 1. The van der Waals surface area contributed by atoms with Crippen LogP contribution in [-0.2, 0) is 9.59 Å². The number of nitrogens with zero attached hydrogens (tertiary/aromatic N) is 1. The summed E-state index contributed by atoms with van der Waals surface area (Å²) in [5, 5.41) is 9.02. The molecule has 0 aromatic carbocycles. The number of hydrogen-bond acceptors (Lipinski definition) is 3. The molecule has 0 aromatic rings. The highest BCUT2D eigenvalue weighted by Crippen LogP contribution is 2.16. The average Bonchev–Trinajstić information content (AvgIpc) is 2.50. The summed E-state index contributed by atoms with van der Waals surface area (Å²) in [5.74, 6) is -0.996. The van der Waals surface area contributed by atoms with Crippen LogP contribution in [0.1, 0.15) is 13.3 Å². The van der Waals surface area contributed by atoms with E-state index in [4.69, 9.17) is 10.8 Å². The van der Waals surface area contributed by atoms with Crippen LogP contribution in [0.15, 0.2) is 0 Å². The van der Waals surface area contributed by atoms with Gasteiger partial charge in [-0.3, -0.25) is 9.59 Å². The number of aliphatic hydroxyl groups is 1. The minimum absolute atomic E-state index is 0.447. The van der Waals surface area contributed by atoms with Crippen LogP contribution in [-0.4, -0.2) is 40.5 Å². The highest BCUT2D eigenvalue weighted by molar-refractivity contribution is 5.90. The van der Waals surface area contributed by atoms with Gasteiger partial charge in [-0.1, -0.05) is 0 Å². The number of likely N-dealkylation sites (tertiary alicyclic amines) is 1. The second kappa shape index (κ2) is 3.74. The van der Waals surface area contributed by atoms with E-state index in [2.05, 4.69) is 0 Å². The number of carbonyl (C=O) groups is 2. The second-order valence-corrected chi connectivity index (χ2v) is 3.08. The topological polar surface area (TPSA) is 83.6 Å². The first-order valence-corrected chi connectivity index (χ1v) is 4.15. The van der Waals surface area contributed by atoms with Crippen molar-refractivity contribution in [3.8, 4) is 0 Å². The molecule has 1 radical (unpaired) electrons. The Morgan fingerprint density at radius 3 is 2.77 bits per heavy atom. The van der Waals surface area contributed by atoms with E-state index >= 15 is 0 Å². The van der Waals surface area contributed by atoms with Gasteiger partial charge in [-0.25, -0.2) is 0 Å². The highest BCUT2D eigenvalue weighted by atomic mass is 16.3. The van der Waals surface area contributed by atoms with Crippen LogP contribution in [0, 0.1) is 6.42 Å². The van der Waals surface area contributed by atoms with Crippen molar-refractivity contribution in [1.29, 1.82) is 0 Å². The molecule has 1 fully saturated rings. The molecule has 0 aromatic heterocycles. The Morgan fingerprint density at radius 1 is 1.69 bits per heavy atom. The van der Waals surface area contributed by atoms with E-state index in [1.807, 2.05) is 0 Å². The van der Waals surface area contributed by atoms with Gasteiger partial charge in [0.1, 0.15) is 12.1 Å². The van der Waals surface area contributed by atoms with Crippen molar-refractivity contribution >= 4 is 11.8 Å². The molecule has 2 atom stereocenters. The van der Waals surface area contributed by atoms with E-state index in [0.717, 1.165) is 0 Å². The summed E-state index contributed by atoms with van der Waals surface area (Å²) < 4.78 is 0. The highest BCUT2D eigenvalue weighted by Gasteiger charge is 2.34. The van der Waals surface area contributed by atoms with Gasteiger partial charge in [0.15, 0.2) is 0 Å². The molecular formula is C8H13N2O3. The number of amides is 2. The van der Waals surface area contributed by atoms with Crippen LogP contribution in [0.2, 0.25) is 0 Å². The van der Waals surface area contributed by atoms with Crippen LogP contribution >= 0.6 is 0 Å². The van der Waals surface area contributed by atoms with E-state index in [0.29, 0.717) is 13.0 Å². The van der Waals surface area contributed by atoms with Gasteiger partial charge >= 0.3 is 0 Å². The third-order valence-corrected chi connectivity index (χ3v) is 2.03. The Bertz CT molecular complexity index is 227. The summed E-state index contributed by atoms with van der Waals surface area (Å²) in [6.07, 6.45) is 1.25. The molecule has 73 valence electrons. The van der Waals surface area contributed by atoms with Crippen molar-refractivity contribution in [1.82, 2.24) is 4.90 Å². The molecule has 5 heteroatoms. The summed E-state index contributed by atoms with van der Waals surface area (Å²) in [4.78, 5) is 23.5. The number of nitrogens with two attached hydrogens (primary N) is 1. The fraction of sp³-hybridized carbons (Fsp3) is 0.625. The third kappa shape index (κ3) is 1.98. The smallest absolute Gasteiger partial charge is 0.251 e. The molecule has 2 amide bonds. The maximum absolute atomic E-state index is 11.3. The van der Waals surface area contributed by atoms with Crippen molar-refractivity contribution in [3.63, 3.8) is 0 Å². The number of carbonyl (C=O) groups excluding carboxylic acids is 2. The van der Waals surface area contributed by atoms with Gasteiger partial charge in [-0.05, 0) is 19.8 Å². The van der Waals surface area contributed by atoms with Gasteiger partial charge in [-0.15, -0.1) is 0 Å². The SMILES string of the molecule is C[C@H](O)C(=O)N1CC[CH][C@@H]1C(N)=O. The zero-order valence-corrected chi connectivity index (χ0v) is 7.43. The first-order valence-electron chi connectivity index (χ1n) is 4.15. The molecule has 1 heterocycles. The van der Waals surface area contributed by atoms with Gasteiger partial charge in [-0.2, -0.15) is 0 Å². The predicted molar refractivity (Wildman–Crippen MR) is 45.3 cm³/mol. The summed E-state index contributed by atoms with van der Waals surface area (Å²) in [6.45, 7) is 1.83. The maximum Gasteiger partial charge on any atom is 0.251 e. The fourth-order valence-electron chi connectivity index (χ4n) is 1.39. The monoisotopic (exact) mass is 185 g/mol. The van der Waals surface area contributed by atoms with Crippen molar-refractivity contribution in [3.05, 3.63) is 6.42 Å². The standard InChI is InChI=1S/C8H13N2O3/c1-5(11)8(13)10-4-2-3-6(10)7(9)12/h3,5-6,11H,2,4H2,1H3,(H2,9,12)/t5-,6+/m0/s1.